The standard InChI is InChI=1S/C12H16S/c1-4-5-6-10(2)9-12-8-7-11(3)13-12/h7-8,10H,4,9H2,1-3H3. The van der Waals surface area contributed by atoms with Crippen LogP contribution < -0.4 is 0 Å². The topological polar surface area (TPSA) is 0 Å². The van der Waals surface area contributed by atoms with Crippen molar-refractivity contribution in [1.82, 2.24) is 0 Å². The highest BCUT2D eigenvalue weighted by Gasteiger charge is 2.01. The number of rotatable bonds is 2. The summed E-state index contributed by atoms with van der Waals surface area (Å²) in [6.07, 6.45) is 2.07. The summed E-state index contributed by atoms with van der Waals surface area (Å²) in [6, 6.07) is 4.39. The Kier molecular flexibility index (Phi) is 4.05. The second kappa shape index (κ2) is 5.09. The predicted molar refractivity (Wildman–Crippen MR) is 60.0 cm³/mol. The second-order valence-electron chi connectivity index (χ2n) is 3.29. The van der Waals surface area contributed by atoms with Crippen LogP contribution in [-0.2, 0) is 6.42 Å². The first-order valence-corrected chi connectivity index (χ1v) is 5.57. The third-order valence-corrected chi connectivity index (χ3v) is 2.85. The second-order valence-corrected chi connectivity index (χ2v) is 4.66. The van der Waals surface area contributed by atoms with E-state index in [1.54, 1.807) is 0 Å². The molecule has 0 aromatic carbocycles. The van der Waals surface area contributed by atoms with Gasteiger partial charge in [-0.3, -0.25) is 0 Å². The molecule has 0 aliphatic rings. The van der Waals surface area contributed by atoms with E-state index in [9.17, 15) is 0 Å². The zero-order chi connectivity index (χ0) is 9.68. The normalized spacial score (nSPS) is 11.9. The van der Waals surface area contributed by atoms with E-state index in [4.69, 9.17) is 0 Å². The summed E-state index contributed by atoms with van der Waals surface area (Å²) >= 11 is 1.88. The maximum Gasteiger partial charge on any atom is 0.0222 e. The van der Waals surface area contributed by atoms with Crippen LogP contribution in [0.3, 0.4) is 0 Å². The highest BCUT2D eigenvalue weighted by molar-refractivity contribution is 7.11. The van der Waals surface area contributed by atoms with Gasteiger partial charge >= 0.3 is 0 Å². The van der Waals surface area contributed by atoms with Crippen molar-refractivity contribution >= 4 is 11.3 Å². The largest absolute Gasteiger partial charge is 0.146 e. The van der Waals surface area contributed by atoms with Gasteiger partial charge in [0.2, 0.25) is 0 Å². The van der Waals surface area contributed by atoms with Gasteiger partial charge in [0.25, 0.3) is 0 Å². The fraction of sp³-hybridized carbons (Fsp3) is 0.500. The van der Waals surface area contributed by atoms with Crippen molar-refractivity contribution < 1.29 is 0 Å². The molecule has 1 heterocycles. The molecule has 13 heavy (non-hydrogen) atoms. The zero-order valence-corrected chi connectivity index (χ0v) is 9.37. The molecule has 70 valence electrons. The summed E-state index contributed by atoms with van der Waals surface area (Å²) < 4.78 is 0. The first-order chi connectivity index (χ1) is 6.22. The monoisotopic (exact) mass is 192 g/mol. The average Bonchev–Trinajstić information content (AvgIpc) is 2.48. The van der Waals surface area contributed by atoms with Crippen LogP contribution in [0.2, 0.25) is 0 Å². The fourth-order valence-electron chi connectivity index (χ4n) is 1.22. The van der Waals surface area contributed by atoms with Gasteiger partial charge in [-0.1, -0.05) is 19.8 Å². The Morgan fingerprint density at radius 1 is 1.46 bits per heavy atom. The Hall–Kier alpha value is -0.740. The molecular weight excluding hydrogens is 176 g/mol. The zero-order valence-electron chi connectivity index (χ0n) is 8.55. The maximum absolute atomic E-state index is 3.25. The van der Waals surface area contributed by atoms with Gasteiger partial charge in [0, 0.05) is 22.1 Å². The predicted octanol–water partition coefficient (Wildman–Crippen LogP) is 3.65. The molecule has 0 amide bonds. The molecule has 1 unspecified atom stereocenters. The molecule has 1 atom stereocenters. The lowest BCUT2D eigenvalue weighted by molar-refractivity contribution is 0.759. The highest BCUT2D eigenvalue weighted by Crippen LogP contribution is 2.18. The van der Waals surface area contributed by atoms with Crippen LogP contribution in [-0.4, -0.2) is 0 Å². The molecule has 1 aromatic heterocycles. The molecule has 1 aromatic rings. The Labute approximate surface area is 85.0 Å². The van der Waals surface area contributed by atoms with E-state index >= 15 is 0 Å². The molecule has 0 fully saturated rings. The van der Waals surface area contributed by atoms with E-state index in [1.165, 1.54) is 9.75 Å². The van der Waals surface area contributed by atoms with Crippen LogP contribution in [0.5, 0.6) is 0 Å². The summed E-state index contributed by atoms with van der Waals surface area (Å²) in [5, 5.41) is 0. The van der Waals surface area contributed by atoms with Gasteiger partial charge < -0.3 is 0 Å². The lowest BCUT2D eigenvalue weighted by Gasteiger charge is -1.99. The van der Waals surface area contributed by atoms with E-state index in [0.29, 0.717) is 5.92 Å². The Balaban J connectivity index is 2.49. The molecule has 1 heteroatoms. The van der Waals surface area contributed by atoms with Gasteiger partial charge in [-0.15, -0.1) is 17.3 Å². The van der Waals surface area contributed by atoms with Crippen LogP contribution in [0.25, 0.3) is 0 Å². The quantitative estimate of drug-likeness (QED) is 0.627. The van der Waals surface area contributed by atoms with E-state index in [-0.39, 0.29) is 0 Å². The number of thiophene rings is 1. The van der Waals surface area contributed by atoms with Crippen molar-refractivity contribution in [2.24, 2.45) is 5.92 Å². The lowest BCUT2D eigenvalue weighted by atomic mass is 10.1. The molecule has 0 spiro atoms. The summed E-state index contributed by atoms with van der Waals surface area (Å²) in [6.45, 7) is 6.43. The smallest absolute Gasteiger partial charge is 0.0222 e. The van der Waals surface area contributed by atoms with Crippen LogP contribution in [0.1, 0.15) is 30.0 Å². The van der Waals surface area contributed by atoms with Crippen LogP contribution in [0.15, 0.2) is 12.1 Å². The molecule has 1 rings (SSSR count). The Morgan fingerprint density at radius 2 is 2.23 bits per heavy atom. The van der Waals surface area contributed by atoms with Crippen molar-refractivity contribution in [2.45, 2.75) is 33.6 Å². The lowest BCUT2D eigenvalue weighted by Crippen LogP contribution is -1.93. The summed E-state index contributed by atoms with van der Waals surface area (Å²) in [5.41, 5.74) is 0. The summed E-state index contributed by atoms with van der Waals surface area (Å²) in [5.74, 6) is 6.87. The van der Waals surface area contributed by atoms with Crippen molar-refractivity contribution in [3.63, 3.8) is 0 Å². The summed E-state index contributed by atoms with van der Waals surface area (Å²) in [7, 11) is 0. The highest BCUT2D eigenvalue weighted by atomic mass is 32.1. The van der Waals surface area contributed by atoms with Crippen molar-refractivity contribution in [3.8, 4) is 11.8 Å². The van der Waals surface area contributed by atoms with E-state index in [0.717, 1.165) is 12.8 Å². The minimum Gasteiger partial charge on any atom is -0.146 e. The maximum atomic E-state index is 3.25. The Morgan fingerprint density at radius 3 is 2.77 bits per heavy atom. The SMILES string of the molecule is CCC#CC(C)Cc1ccc(C)s1. The molecule has 0 saturated heterocycles. The fourth-order valence-corrected chi connectivity index (χ4v) is 2.24. The van der Waals surface area contributed by atoms with Gasteiger partial charge in [0.15, 0.2) is 0 Å². The van der Waals surface area contributed by atoms with Crippen molar-refractivity contribution in [1.29, 1.82) is 0 Å². The first-order valence-electron chi connectivity index (χ1n) is 4.76. The minimum absolute atomic E-state index is 0.498. The summed E-state index contributed by atoms with van der Waals surface area (Å²) in [4.78, 5) is 2.85. The third-order valence-electron chi connectivity index (χ3n) is 1.83. The molecule has 0 saturated carbocycles. The van der Waals surface area contributed by atoms with Crippen LogP contribution in [0.4, 0.5) is 0 Å². The van der Waals surface area contributed by atoms with Gasteiger partial charge in [0.1, 0.15) is 0 Å². The van der Waals surface area contributed by atoms with Gasteiger partial charge in [-0.2, -0.15) is 0 Å². The number of hydrogen-bond acceptors (Lipinski definition) is 1. The Bertz CT molecular complexity index is 311. The molecular formula is C12H16S. The van der Waals surface area contributed by atoms with E-state index < -0.39 is 0 Å². The van der Waals surface area contributed by atoms with Gasteiger partial charge in [-0.25, -0.2) is 0 Å². The molecule has 0 aliphatic heterocycles. The average molecular weight is 192 g/mol. The first kappa shape index (κ1) is 10.3. The molecule has 0 nitrogen and oxygen atoms in total. The van der Waals surface area contributed by atoms with Gasteiger partial charge in [0.05, 0.1) is 0 Å². The molecule has 0 aliphatic carbocycles. The van der Waals surface area contributed by atoms with Crippen LogP contribution >= 0.6 is 11.3 Å². The number of aryl methyl sites for hydroxylation is 1. The van der Waals surface area contributed by atoms with Gasteiger partial charge in [-0.05, 0) is 25.5 Å². The molecule has 0 bridgehead atoms. The van der Waals surface area contributed by atoms with Crippen molar-refractivity contribution in [2.75, 3.05) is 0 Å². The number of hydrogen-bond donors (Lipinski definition) is 0. The van der Waals surface area contributed by atoms with Crippen LogP contribution in [0, 0.1) is 24.7 Å². The van der Waals surface area contributed by atoms with E-state index in [1.807, 2.05) is 11.3 Å². The molecule has 0 radical (unpaired) electrons. The van der Waals surface area contributed by atoms with Crippen molar-refractivity contribution in [3.05, 3.63) is 21.9 Å². The van der Waals surface area contributed by atoms with E-state index in [2.05, 4.69) is 44.7 Å². The molecule has 0 N–H and O–H groups in total. The minimum atomic E-state index is 0.498. The third kappa shape index (κ3) is 3.65.